The summed E-state index contributed by atoms with van der Waals surface area (Å²) in [6.07, 6.45) is 2.22. The van der Waals surface area contributed by atoms with Crippen LogP contribution in [0.4, 0.5) is 5.82 Å². The van der Waals surface area contributed by atoms with E-state index in [-0.39, 0.29) is 41.3 Å². The second kappa shape index (κ2) is 8.56. The van der Waals surface area contributed by atoms with Gasteiger partial charge in [-0.2, -0.15) is 0 Å². The Morgan fingerprint density at radius 1 is 1.43 bits per heavy atom. The van der Waals surface area contributed by atoms with E-state index < -0.39 is 0 Å². The fourth-order valence-electron chi connectivity index (χ4n) is 2.24. The Morgan fingerprint density at radius 2 is 2.09 bits per heavy atom. The maximum atomic E-state index is 11.9. The molecule has 2 amide bonds. The van der Waals surface area contributed by atoms with Crippen LogP contribution in [0.2, 0.25) is 0 Å². The number of thioether (sulfide) groups is 1. The average molecular weight is 363 g/mol. The highest BCUT2D eigenvalue weighted by atomic mass is 35.5. The van der Waals surface area contributed by atoms with Crippen LogP contribution in [0.25, 0.3) is 0 Å². The number of anilines is 1. The van der Waals surface area contributed by atoms with E-state index >= 15 is 0 Å². The van der Waals surface area contributed by atoms with Gasteiger partial charge >= 0.3 is 0 Å². The summed E-state index contributed by atoms with van der Waals surface area (Å²) in [5, 5.41) is 9.27. The topological polar surface area (TPSA) is 110 Å². The molecule has 1 aromatic rings. The lowest BCUT2D eigenvalue weighted by Crippen LogP contribution is -2.53. The van der Waals surface area contributed by atoms with E-state index in [0.717, 1.165) is 12.8 Å². The van der Waals surface area contributed by atoms with Crippen LogP contribution in [0.1, 0.15) is 25.5 Å². The normalized spacial score (nSPS) is 16.1. The lowest BCUT2D eigenvalue weighted by Gasteiger charge is -2.29. The van der Waals surface area contributed by atoms with Crippen molar-refractivity contribution in [3.05, 3.63) is 11.8 Å². The summed E-state index contributed by atoms with van der Waals surface area (Å²) in [4.78, 5) is 23.6. The van der Waals surface area contributed by atoms with Gasteiger partial charge in [-0.3, -0.25) is 9.59 Å². The molecule has 0 aromatic carbocycles. The van der Waals surface area contributed by atoms with Gasteiger partial charge in [-0.1, -0.05) is 5.16 Å². The molecule has 1 aliphatic carbocycles. The third kappa shape index (κ3) is 6.04. The summed E-state index contributed by atoms with van der Waals surface area (Å²) in [7, 11) is 0. The molecule has 1 atom stereocenters. The summed E-state index contributed by atoms with van der Waals surface area (Å²) in [5.74, 6) is 1.60. The Kier molecular flexibility index (Phi) is 7.37. The fraction of sp³-hybridized carbons (Fsp3) is 0.643. The molecule has 9 heteroatoms. The smallest absolute Gasteiger partial charge is 0.235 e. The number of halogens is 1. The van der Waals surface area contributed by atoms with Crippen LogP contribution in [0, 0.1) is 12.8 Å². The quantitative estimate of drug-likeness (QED) is 0.643. The minimum absolute atomic E-state index is 0. The first-order chi connectivity index (χ1) is 10.4. The molecule has 1 aromatic heterocycles. The zero-order valence-electron chi connectivity index (χ0n) is 13.3. The van der Waals surface area contributed by atoms with E-state index in [1.54, 1.807) is 13.0 Å². The van der Waals surface area contributed by atoms with Crippen LogP contribution in [0.5, 0.6) is 0 Å². The first-order valence-corrected chi connectivity index (χ1v) is 8.40. The van der Waals surface area contributed by atoms with Gasteiger partial charge in [-0.25, -0.2) is 0 Å². The first-order valence-electron chi connectivity index (χ1n) is 7.25. The van der Waals surface area contributed by atoms with Crippen molar-refractivity contribution in [2.75, 3.05) is 23.4 Å². The van der Waals surface area contributed by atoms with E-state index in [2.05, 4.69) is 15.8 Å². The fourth-order valence-corrected chi connectivity index (χ4v) is 2.85. The number of hydrogen-bond donors (Lipinski definition) is 3. The minimum atomic E-state index is -0.321. The number of carbonyl (C=O) groups excluding carboxylic acids is 2. The molecule has 130 valence electrons. The molecule has 1 aliphatic rings. The van der Waals surface area contributed by atoms with Crippen molar-refractivity contribution in [3.63, 3.8) is 0 Å². The van der Waals surface area contributed by atoms with Crippen molar-refractivity contribution in [1.82, 2.24) is 10.5 Å². The van der Waals surface area contributed by atoms with E-state index in [9.17, 15) is 9.59 Å². The van der Waals surface area contributed by atoms with Crippen molar-refractivity contribution in [3.8, 4) is 0 Å². The van der Waals surface area contributed by atoms with Crippen molar-refractivity contribution < 1.29 is 14.1 Å². The number of rotatable bonds is 8. The number of nitrogens with one attached hydrogen (secondary N) is 2. The van der Waals surface area contributed by atoms with E-state index in [1.807, 2.05) is 6.92 Å². The van der Waals surface area contributed by atoms with Crippen LogP contribution < -0.4 is 16.4 Å². The summed E-state index contributed by atoms with van der Waals surface area (Å²) < 4.78 is 4.86. The Balaban J connectivity index is 0.00000264. The van der Waals surface area contributed by atoms with Crippen LogP contribution in [0.15, 0.2) is 10.6 Å². The third-order valence-electron chi connectivity index (χ3n) is 3.69. The lowest BCUT2D eigenvalue weighted by atomic mass is 9.96. The number of nitrogens with zero attached hydrogens (tertiary/aromatic N) is 1. The molecule has 2 rings (SSSR count). The Hall–Kier alpha value is -1.25. The van der Waals surface area contributed by atoms with Crippen molar-refractivity contribution in [2.45, 2.75) is 32.2 Å². The van der Waals surface area contributed by atoms with Gasteiger partial charge in [-0.05, 0) is 32.6 Å². The molecule has 7 nitrogen and oxygen atoms in total. The lowest BCUT2D eigenvalue weighted by molar-refractivity contribution is -0.120. The van der Waals surface area contributed by atoms with Gasteiger partial charge in [0, 0.05) is 12.6 Å². The molecule has 23 heavy (non-hydrogen) atoms. The van der Waals surface area contributed by atoms with Gasteiger partial charge in [-0.15, -0.1) is 24.2 Å². The number of amides is 2. The Bertz CT molecular complexity index is 550. The summed E-state index contributed by atoms with van der Waals surface area (Å²) in [5.41, 5.74) is 5.44. The largest absolute Gasteiger partial charge is 0.360 e. The number of aromatic nitrogens is 1. The van der Waals surface area contributed by atoms with Gasteiger partial charge in [0.15, 0.2) is 5.82 Å². The van der Waals surface area contributed by atoms with Gasteiger partial charge < -0.3 is 20.9 Å². The molecule has 0 spiro atoms. The summed E-state index contributed by atoms with van der Waals surface area (Å²) >= 11 is 1.26. The molecule has 0 saturated heterocycles. The maximum absolute atomic E-state index is 11.9. The van der Waals surface area contributed by atoms with E-state index in [0.29, 0.717) is 24.0 Å². The molecule has 0 aliphatic heterocycles. The van der Waals surface area contributed by atoms with Crippen molar-refractivity contribution in [1.29, 1.82) is 0 Å². The molecule has 1 heterocycles. The highest BCUT2D eigenvalue weighted by Gasteiger charge is 2.41. The minimum Gasteiger partial charge on any atom is -0.360 e. The Morgan fingerprint density at radius 3 is 2.61 bits per heavy atom. The second-order valence-electron chi connectivity index (χ2n) is 5.81. The van der Waals surface area contributed by atoms with E-state index in [1.165, 1.54) is 11.8 Å². The van der Waals surface area contributed by atoms with Crippen molar-refractivity contribution in [2.24, 2.45) is 11.7 Å². The van der Waals surface area contributed by atoms with Gasteiger partial charge in [0.25, 0.3) is 0 Å². The predicted molar refractivity (Wildman–Crippen MR) is 92.8 cm³/mol. The predicted octanol–water partition coefficient (Wildman–Crippen LogP) is 1.32. The first kappa shape index (κ1) is 19.8. The Labute approximate surface area is 145 Å². The number of aryl methyl sites for hydroxylation is 1. The average Bonchev–Trinajstić information content (AvgIpc) is 3.24. The number of hydrogen-bond acceptors (Lipinski definition) is 6. The van der Waals surface area contributed by atoms with Crippen LogP contribution in [0.3, 0.4) is 0 Å². The third-order valence-corrected chi connectivity index (χ3v) is 4.62. The number of carbonyl (C=O) groups is 2. The second-order valence-corrected chi connectivity index (χ2v) is 6.79. The molecule has 4 N–H and O–H groups in total. The monoisotopic (exact) mass is 362 g/mol. The van der Waals surface area contributed by atoms with Crippen LogP contribution in [-0.4, -0.2) is 40.6 Å². The molecule has 0 radical (unpaired) electrons. The zero-order chi connectivity index (χ0) is 16.2. The highest BCUT2D eigenvalue weighted by Crippen LogP contribution is 2.38. The maximum Gasteiger partial charge on any atom is 0.235 e. The SMILES string of the molecule is Cc1cc(NC(=O)CSCC(=O)NC(C)(CN)C2CC2)no1.Cl. The van der Waals surface area contributed by atoms with Crippen molar-refractivity contribution >= 4 is 41.8 Å². The van der Waals surface area contributed by atoms with Gasteiger partial charge in [0.05, 0.1) is 17.0 Å². The molecule has 1 saturated carbocycles. The molecule has 0 bridgehead atoms. The molecule has 1 unspecified atom stereocenters. The summed E-state index contributed by atoms with van der Waals surface area (Å²) in [6, 6.07) is 1.64. The molecular formula is C14H23ClN4O3S. The van der Waals surface area contributed by atoms with Crippen LogP contribution in [-0.2, 0) is 9.59 Å². The molecular weight excluding hydrogens is 340 g/mol. The van der Waals surface area contributed by atoms with Gasteiger partial charge in [0.1, 0.15) is 5.76 Å². The standard InChI is InChI=1S/C14H22N4O3S.ClH/c1-9-5-11(18-21-9)16-12(19)6-22-7-13(20)17-14(2,8-15)10-3-4-10;/h5,10H,3-4,6-8,15H2,1-2H3,(H,17,20)(H,16,18,19);1H. The van der Waals surface area contributed by atoms with Gasteiger partial charge in [0.2, 0.25) is 11.8 Å². The zero-order valence-corrected chi connectivity index (χ0v) is 14.9. The number of nitrogens with two attached hydrogens (primary N) is 1. The molecule has 1 fully saturated rings. The van der Waals surface area contributed by atoms with Crippen LogP contribution >= 0.6 is 24.2 Å². The van der Waals surface area contributed by atoms with E-state index in [4.69, 9.17) is 10.3 Å². The summed E-state index contributed by atoms with van der Waals surface area (Å²) in [6.45, 7) is 4.16. The highest BCUT2D eigenvalue weighted by molar-refractivity contribution is 8.00.